The Balaban J connectivity index is 1.65. The van der Waals surface area contributed by atoms with Gasteiger partial charge in [0.2, 0.25) is 5.43 Å². The van der Waals surface area contributed by atoms with E-state index < -0.39 is 40.6 Å². The largest absolute Gasteiger partial charge is 0.484 e. The molecule has 0 bridgehead atoms. The van der Waals surface area contributed by atoms with Gasteiger partial charge in [-0.05, 0) is 24.6 Å². The second-order valence-corrected chi connectivity index (χ2v) is 8.49. The second-order valence-electron chi connectivity index (χ2n) is 8.49. The number of benzene rings is 2. The summed E-state index contributed by atoms with van der Waals surface area (Å²) in [5.74, 6) is -1.50. The van der Waals surface area contributed by atoms with Gasteiger partial charge in [-0.15, -0.1) is 0 Å². The van der Waals surface area contributed by atoms with E-state index in [9.17, 15) is 14.7 Å². The number of ether oxygens (including phenoxy) is 1. The molecule has 0 saturated carbocycles. The molecular weight excluding hydrogens is 465 g/mol. The molecule has 1 aliphatic heterocycles. The summed E-state index contributed by atoms with van der Waals surface area (Å²) < 4.78 is 23.4. The average Bonchev–Trinajstić information content (AvgIpc) is 2.88. The first kappa shape index (κ1) is 23.2. The molecule has 5 rings (SSSR count). The number of pyridine rings is 2. The van der Waals surface area contributed by atoms with E-state index in [-0.39, 0.29) is 22.3 Å². The van der Waals surface area contributed by atoms with Crippen LogP contribution in [0, 0.1) is 5.82 Å². The molecule has 1 aliphatic rings. The van der Waals surface area contributed by atoms with E-state index >= 15 is 4.39 Å². The van der Waals surface area contributed by atoms with Crippen LogP contribution < -0.4 is 26.5 Å². The SMILES string of the molecule is CC1Oc2c(NCCNc3ccccn3)c(F)c(N)c3c(=O)c(C(=O)O)cn(c23)C1c1ccccc1. The second kappa shape index (κ2) is 9.21. The minimum absolute atomic E-state index is 0.0115. The third kappa shape index (κ3) is 3.86. The molecule has 9 nitrogen and oxygen atoms in total. The Bertz CT molecular complexity index is 1510. The maximum absolute atomic E-state index is 15.5. The van der Waals surface area contributed by atoms with Crippen molar-refractivity contribution in [2.75, 3.05) is 29.5 Å². The zero-order chi connectivity index (χ0) is 25.4. The monoisotopic (exact) mass is 489 g/mol. The van der Waals surface area contributed by atoms with Crippen LogP contribution in [0.15, 0.2) is 65.7 Å². The Hall–Kier alpha value is -4.60. The van der Waals surface area contributed by atoms with E-state index in [4.69, 9.17) is 10.5 Å². The van der Waals surface area contributed by atoms with Crippen molar-refractivity contribution in [2.24, 2.45) is 0 Å². The highest BCUT2D eigenvalue weighted by Crippen LogP contribution is 2.46. The van der Waals surface area contributed by atoms with Crippen molar-refractivity contribution in [3.05, 3.63) is 88.1 Å². The van der Waals surface area contributed by atoms with Crippen molar-refractivity contribution >= 4 is 34.1 Å². The topological polar surface area (TPSA) is 132 Å². The molecule has 3 heterocycles. The predicted octanol–water partition coefficient (Wildman–Crippen LogP) is 3.71. The van der Waals surface area contributed by atoms with Gasteiger partial charge in [-0.3, -0.25) is 4.79 Å². The minimum Gasteiger partial charge on any atom is -0.484 e. The number of nitrogens with two attached hydrogens (primary N) is 1. The summed E-state index contributed by atoms with van der Waals surface area (Å²) in [4.78, 5) is 29.2. The molecule has 0 spiro atoms. The zero-order valence-corrected chi connectivity index (χ0v) is 19.4. The van der Waals surface area contributed by atoms with E-state index in [1.165, 1.54) is 6.20 Å². The van der Waals surface area contributed by atoms with E-state index in [2.05, 4.69) is 15.6 Å². The van der Waals surface area contributed by atoms with Gasteiger partial charge in [-0.25, -0.2) is 14.2 Å². The summed E-state index contributed by atoms with van der Waals surface area (Å²) in [6.45, 7) is 2.52. The molecule has 0 saturated heterocycles. The van der Waals surface area contributed by atoms with Gasteiger partial charge in [-0.2, -0.15) is 0 Å². The van der Waals surface area contributed by atoms with Crippen LogP contribution in [-0.2, 0) is 0 Å². The molecule has 184 valence electrons. The Morgan fingerprint density at radius 1 is 1.17 bits per heavy atom. The molecule has 2 aromatic carbocycles. The fraction of sp³-hybridized carbons (Fsp3) is 0.192. The molecule has 2 atom stereocenters. The highest BCUT2D eigenvalue weighted by molar-refractivity contribution is 6.03. The lowest BCUT2D eigenvalue weighted by Gasteiger charge is -2.36. The number of hydrogen-bond acceptors (Lipinski definition) is 7. The first-order valence-corrected chi connectivity index (χ1v) is 11.4. The number of rotatable bonds is 7. The van der Waals surface area contributed by atoms with Crippen LogP contribution in [0.3, 0.4) is 0 Å². The van der Waals surface area contributed by atoms with Crippen LogP contribution in [-0.4, -0.2) is 39.8 Å². The van der Waals surface area contributed by atoms with Gasteiger partial charge < -0.3 is 30.8 Å². The summed E-state index contributed by atoms with van der Waals surface area (Å²) in [6, 6.07) is 14.3. The van der Waals surface area contributed by atoms with Gasteiger partial charge in [0.1, 0.15) is 23.2 Å². The number of aromatic carboxylic acids is 1. The number of carboxylic acids is 1. The zero-order valence-electron chi connectivity index (χ0n) is 19.4. The Kier molecular flexibility index (Phi) is 5.93. The van der Waals surface area contributed by atoms with Crippen LogP contribution >= 0.6 is 0 Å². The fourth-order valence-corrected chi connectivity index (χ4v) is 4.62. The molecule has 36 heavy (non-hydrogen) atoms. The highest BCUT2D eigenvalue weighted by atomic mass is 19.1. The quantitative estimate of drug-likeness (QED) is 0.228. The lowest BCUT2D eigenvalue weighted by Crippen LogP contribution is -2.35. The molecule has 0 fully saturated rings. The lowest BCUT2D eigenvalue weighted by atomic mass is 9.97. The van der Waals surface area contributed by atoms with Crippen molar-refractivity contribution in [2.45, 2.75) is 19.1 Å². The van der Waals surface area contributed by atoms with Gasteiger partial charge >= 0.3 is 5.97 Å². The Morgan fingerprint density at radius 3 is 2.58 bits per heavy atom. The van der Waals surface area contributed by atoms with Gasteiger partial charge in [0.25, 0.3) is 0 Å². The molecule has 0 amide bonds. The van der Waals surface area contributed by atoms with Gasteiger partial charge in [0.05, 0.1) is 22.6 Å². The maximum Gasteiger partial charge on any atom is 0.341 e. The number of nitrogens with one attached hydrogen (secondary N) is 2. The first-order valence-electron chi connectivity index (χ1n) is 11.4. The normalized spacial score (nSPS) is 16.4. The molecule has 2 aromatic heterocycles. The molecule has 4 aromatic rings. The maximum atomic E-state index is 15.5. The van der Waals surface area contributed by atoms with Crippen molar-refractivity contribution in [3.8, 4) is 5.75 Å². The molecule has 5 N–H and O–H groups in total. The van der Waals surface area contributed by atoms with Crippen LogP contribution in [0.1, 0.15) is 28.9 Å². The number of aromatic nitrogens is 2. The number of nitrogen functional groups attached to an aromatic ring is 1. The minimum atomic E-state index is -1.42. The van der Waals surface area contributed by atoms with E-state index in [0.29, 0.717) is 18.9 Å². The summed E-state index contributed by atoms with van der Waals surface area (Å²) in [5, 5.41) is 15.6. The Morgan fingerprint density at radius 2 is 1.89 bits per heavy atom. The van der Waals surface area contributed by atoms with Crippen LogP contribution in [0.4, 0.5) is 21.6 Å². The standard InChI is InChI=1S/C26H24FN5O4/c1-14-22(15-7-3-2-4-8-15)32-13-16(26(34)35)24(33)18-20(28)19(27)21(25(36-14)23(18)32)31-12-11-30-17-9-5-6-10-29-17/h2-10,13-14,22,31H,11-12,28H2,1H3,(H,29,30)(H,34,35). The summed E-state index contributed by atoms with van der Waals surface area (Å²) in [6.07, 6.45) is 2.44. The molecule has 0 radical (unpaired) electrons. The molecule has 10 heteroatoms. The smallest absolute Gasteiger partial charge is 0.341 e. The summed E-state index contributed by atoms with van der Waals surface area (Å²) >= 11 is 0. The number of hydrogen-bond donors (Lipinski definition) is 4. The molecular formula is C26H24FN5O4. The Labute approximate surface area is 205 Å². The highest BCUT2D eigenvalue weighted by Gasteiger charge is 2.36. The number of halogens is 1. The summed E-state index contributed by atoms with van der Waals surface area (Å²) in [5.41, 5.74) is 5.43. The number of anilines is 3. The number of nitrogens with zero attached hydrogens (tertiary/aromatic N) is 2. The average molecular weight is 490 g/mol. The third-order valence-corrected chi connectivity index (χ3v) is 6.22. The van der Waals surface area contributed by atoms with Crippen LogP contribution in [0.25, 0.3) is 10.9 Å². The van der Waals surface area contributed by atoms with Crippen molar-refractivity contribution in [1.82, 2.24) is 9.55 Å². The predicted molar refractivity (Wildman–Crippen MR) is 135 cm³/mol. The van der Waals surface area contributed by atoms with Gasteiger partial charge in [0, 0.05) is 25.5 Å². The fourth-order valence-electron chi connectivity index (χ4n) is 4.62. The van der Waals surface area contributed by atoms with Crippen LogP contribution in [0.2, 0.25) is 0 Å². The van der Waals surface area contributed by atoms with Gasteiger partial charge in [0.15, 0.2) is 11.6 Å². The van der Waals surface area contributed by atoms with Crippen molar-refractivity contribution in [3.63, 3.8) is 0 Å². The number of carboxylic acid groups (broad SMARTS) is 1. The van der Waals surface area contributed by atoms with Gasteiger partial charge in [-0.1, -0.05) is 36.4 Å². The molecule has 0 aliphatic carbocycles. The van der Waals surface area contributed by atoms with E-state index in [1.807, 2.05) is 49.4 Å². The summed E-state index contributed by atoms with van der Waals surface area (Å²) in [7, 11) is 0. The van der Waals surface area contributed by atoms with Crippen LogP contribution in [0.5, 0.6) is 5.75 Å². The molecule has 2 unspecified atom stereocenters. The van der Waals surface area contributed by atoms with Crippen molar-refractivity contribution in [1.29, 1.82) is 0 Å². The van der Waals surface area contributed by atoms with E-state index in [0.717, 1.165) is 5.56 Å². The van der Waals surface area contributed by atoms with E-state index in [1.54, 1.807) is 16.8 Å². The number of carbonyl (C=O) groups is 1. The third-order valence-electron chi connectivity index (χ3n) is 6.22. The lowest BCUT2D eigenvalue weighted by molar-refractivity contribution is 0.0693. The van der Waals surface area contributed by atoms with Crippen molar-refractivity contribution < 1.29 is 19.0 Å². The first-order chi connectivity index (χ1) is 17.4.